The van der Waals surface area contributed by atoms with Gasteiger partial charge in [0.15, 0.2) is 0 Å². The molecule has 22 heavy (non-hydrogen) atoms. The molecule has 0 aliphatic heterocycles. The maximum absolute atomic E-state index is 4.28. The first-order valence-corrected chi connectivity index (χ1v) is 7.57. The molecule has 0 amide bonds. The number of hydrogen-bond acceptors (Lipinski definition) is 3. The van der Waals surface area contributed by atoms with Crippen molar-refractivity contribution in [1.29, 1.82) is 0 Å². The van der Waals surface area contributed by atoms with Crippen LogP contribution in [-0.4, -0.2) is 39.7 Å². The van der Waals surface area contributed by atoms with E-state index in [2.05, 4.69) is 64.3 Å². The van der Waals surface area contributed by atoms with Crippen LogP contribution in [-0.2, 0) is 20.1 Å². The van der Waals surface area contributed by atoms with Crippen molar-refractivity contribution in [1.82, 2.24) is 19.0 Å². The van der Waals surface area contributed by atoms with Gasteiger partial charge in [-0.1, -0.05) is 6.07 Å². The molecule has 0 aliphatic carbocycles. The summed E-state index contributed by atoms with van der Waals surface area (Å²) in [5.74, 6) is 0.892. The maximum Gasteiger partial charge on any atom is 0.202 e. The molecule has 0 fully saturated rings. The third-order valence-electron chi connectivity index (χ3n) is 3.90. The van der Waals surface area contributed by atoms with Crippen LogP contribution < -0.4 is 5.32 Å². The van der Waals surface area contributed by atoms with Gasteiger partial charge in [0, 0.05) is 50.8 Å². The topological polar surface area (TPSA) is 38.0 Å². The molecule has 0 aliphatic rings. The molecular formula is C17H23N5. The largest absolute Gasteiger partial charge is 0.352 e. The fraction of sp³-hybridized carbons (Fsp3) is 0.353. The van der Waals surface area contributed by atoms with Gasteiger partial charge in [0.1, 0.15) is 0 Å². The van der Waals surface area contributed by atoms with Crippen molar-refractivity contribution < 1.29 is 0 Å². The quantitative estimate of drug-likeness (QED) is 0.760. The van der Waals surface area contributed by atoms with Crippen molar-refractivity contribution in [3.8, 4) is 0 Å². The molecule has 0 unspecified atom stereocenters. The maximum atomic E-state index is 4.28. The van der Waals surface area contributed by atoms with Crippen LogP contribution in [0.25, 0.3) is 10.9 Å². The van der Waals surface area contributed by atoms with Crippen LogP contribution in [0.2, 0.25) is 0 Å². The Balaban J connectivity index is 1.72. The third kappa shape index (κ3) is 3.14. The number of nitrogens with one attached hydrogen (secondary N) is 1. The summed E-state index contributed by atoms with van der Waals surface area (Å²) >= 11 is 0. The lowest BCUT2D eigenvalue weighted by molar-refractivity contribution is 0.387. The first-order valence-electron chi connectivity index (χ1n) is 7.57. The molecule has 2 aromatic heterocycles. The monoisotopic (exact) mass is 297 g/mol. The van der Waals surface area contributed by atoms with E-state index >= 15 is 0 Å². The Kier molecular flexibility index (Phi) is 4.15. The molecule has 0 saturated heterocycles. The number of anilines is 1. The van der Waals surface area contributed by atoms with E-state index in [9.17, 15) is 0 Å². The molecule has 3 rings (SSSR count). The van der Waals surface area contributed by atoms with E-state index in [1.807, 2.05) is 17.8 Å². The first-order chi connectivity index (χ1) is 10.6. The predicted molar refractivity (Wildman–Crippen MR) is 91.0 cm³/mol. The van der Waals surface area contributed by atoms with Gasteiger partial charge in [-0.15, -0.1) is 0 Å². The van der Waals surface area contributed by atoms with Gasteiger partial charge in [0.05, 0.1) is 0 Å². The van der Waals surface area contributed by atoms with Crippen LogP contribution in [0.1, 0.15) is 5.56 Å². The summed E-state index contributed by atoms with van der Waals surface area (Å²) in [6.45, 7) is 2.84. The normalized spacial score (nSPS) is 11.5. The molecule has 1 aromatic carbocycles. The van der Waals surface area contributed by atoms with Crippen molar-refractivity contribution in [2.75, 3.05) is 26.0 Å². The number of hydrogen-bond donors (Lipinski definition) is 1. The molecule has 0 radical (unpaired) electrons. The summed E-state index contributed by atoms with van der Waals surface area (Å²) in [5.41, 5.74) is 2.56. The number of likely N-dealkylation sites (N-methyl/N-ethyl adjacent to an activating group) is 1. The van der Waals surface area contributed by atoms with Crippen molar-refractivity contribution in [2.24, 2.45) is 7.05 Å². The van der Waals surface area contributed by atoms with E-state index < -0.39 is 0 Å². The lowest BCUT2D eigenvalue weighted by Gasteiger charge is -2.11. The molecule has 2 heterocycles. The smallest absolute Gasteiger partial charge is 0.202 e. The number of aryl methyl sites for hydroxylation is 1. The highest BCUT2D eigenvalue weighted by molar-refractivity contribution is 5.80. The molecule has 116 valence electrons. The Hall–Kier alpha value is -2.27. The number of aromatic nitrogens is 3. The Morgan fingerprint density at radius 2 is 2.05 bits per heavy atom. The Labute approximate surface area is 131 Å². The lowest BCUT2D eigenvalue weighted by atomic mass is 10.1. The number of imidazole rings is 1. The molecule has 5 heteroatoms. The van der Waals surface area contributed by atoms with Crippen LogP contribution in [0, 0.1) is 0 Å². The summed E-state index contributed by atoms with van der Waals surface area (Å²) in [5, 5.41) is 4.65. The highest BCUT2D eigenvalue weighted by Gasteiger charge is 2.04. The second kappa shape index (κ2) is 6.23. The van der Waals surface area contributed by atoms with Crippen molar-refractivity contribution in [3.05, 3.63) is 48.4 Å². The van der Waals surface area contributed by atoms with Crippen LogP contribution >= 0.6 is 0 Å². The molecule has 0 saturated carbocycles. The SMILES string of the molecule is CN(C)CCn1ccc2cc(CNc3nccn3C)ccc21. The molecular weight excluding hydrogens is 274 g/mol. The number of benzene rings is 1. The molecule has 5 nitrogen and oxygen atoms in total. The summed E-state index contributed by atoms with van der Waals surface area (Å²) in [4.78, 5) is 6.49. The van der Waals surface area contributed by atoms with Crippen molar-refractivity contribution >= 4 is 16.9 Å². The highest BCUT2D eigenvalue weighted by Crippen LogP contribution is 2.18. The van der Waals surface area contributed by atoms with E-state index in [-0.39, 0.29) is 0 Å². The van der Waals surface area contributed by atoms with E-state index in [4.69, 9.17) is 0 Å². The highest BCUT2D eigenvalue weighted by atomic mass is 15.2. The van der Waals surface area contributed by atoms with E-state index in [0.29, 0.717) is 0 Å². The summed E-state index contributed by atoms with van der Waals surface area (Å²) in [6, 6.07) is 8.83. The van der Waals surface area contributed by atoms with E-state index in [1.165, 1.54) is 16.5 Å². The van der Waals surface area contributed by atoms with Crippen LogP contribution in [0.5, 0.6) is 0 Å². The molecule has 3 aromatic rings. The Morgan fingerprint density at radius 1 is 1.18 bits per heavy atom. The molecule has 0 atom stereocenters. The summed E-state index contributed by atoms with van der Waals surface area (Å²) < 4.78 is 4.29. The zero-order valence-electron chi connectivity index (χ0n) is 13.5. The van der Waals surface area contributed by atoms with Crippen molar-refractivity contribution in [2.45, 2.75) is 13.1 Å². The second-order valence-corrected chi connectivity index (χ2v) is 5.92. The fourth-order valence-corrected chi connectivity index (χ4v) is 2.58. The average molecular weight is 297 g/mol. The van der Waals surface area contributed by atoms with Gasteiger partial charge in [-0.3, -0.25) is 0 Å². The zero-order valence-corrected chi connectivity index (χ0v) is 13.5. The Morgan fingerprint density at radius 3 is 2.77 bits per heavy atom. The van der Waals surface area contributed by atoms with Crippen LogP contribution in [0.15, 0.2) is 42.9 Å². The molecule has 1 N–H and O–H groups in total. The van der Waals surface area contributed by atoms with Gasteiger partial charge < -0.3 is 19.4 Å². The van der Waals surface area contributed by atoms with Gasteiger partial charge in [-0.2, -0.15) is 0 Å². The second-order valence-electron chi connectivity index (χ2n) is 5.92. The van der Waals surface area contributed by atoms with E-state index in [0.717, 1.165) is 25.6 Å². The Bertz CT molecular complexity index is 753. The van der Waals surface area contributed by atoms with Crippen LogP contribution in [0.3, 0.4) is 0 Å². The minimum Gasteiger partial charge on any atom is -0.352 e. The third-order valence-corrected chi connectivity index (χ3v) is 3.90. The minimum atomic E-state index is 0.781. The number of fused-ring (bicyclic) bond motifs is 1. The van der Waals surface area contributed by atoms with Gasteiger partial charge in [0.2, 0.25) is 5.95 Å². The average Bonchev–Trinajstić information content (AvgIpc) is 3.08. The molecule has 0 bridgehead atoms. The lowest BCUT2D eigenvalue weighted by Crippen LogP contribution is -2.17. The van der Waals surface area contributed by atoms with Crippen molar-refractivity contribution in [3.63, 3.8) is 0 Å². The van der Waals surface area contributed by atoms with Crippen LogP contribution in [0.4, 0.5) is 5.95 Å². The van der Waals surface area contributed by atoms with Gasteiger partial charge >= 0.3 is 0 Å². The zero-order chi connectivity index (χ0) is 15.5. The first kappa shape index (κ1) is 14.7. The predicted octanol–water partition coefficient (Wildman–Crippen LogP) is 2.55. The standard InChI is InChI=1S/C17H23N5/c1-20(2)10-11-22-8-6-15-12-14(4-5-16(15)22)13-19-17-18-7-9-21(17)3/h4-9,12H,10-11,13H2,1-3H3,(H,18,19). The van der Waals surface area contributed by atoms with Gasteiger partial charge in [-0.05, 0) is 43.2 Å². The number of nitrogens with zero attached hydrogens (tertiary/aromatic N) is 4. The number of rotatable bonds is 6. The fourth-order valence-electron chi connectivity index (χ4n) is 2.58. The van der Waals surface area contributed by atoms with Gasteiger partial charge in [0.25, 0.3) is 0 Å². The minimum absolute atomic E-state index is 0.781. The van der Waals surface area contributed by atoms with Gasteiger partial charge in [-0.25, -0.2) is 4.98 Å². The summed E-state index contributed by atoms with van der Waals surface area (Å²) in [6.07, 6.45) is 5.91. The summed E-state index contributed by atoms with van der Waals surface area (Å²) in [7, 11) is 6.20. The molecule has 0 spiro atoms. The van der Waals surface area contributed by atoms with E-state index in [1.54, 1.807) is 6.20 Å².